The number of hydrogen-bond acceptors (Lipinski definition) is 2. The van der Waals surface area contributed by atoms with Gasteiger partial charge in [0, 0.05) is 0 Å². The number of hydrogen-bond donors (Lipinski definition) is 0. The molecule has 1 saturated carbocycles. The Morgan fingerprint density at radius 2 is 1.43 bits per heavy atom. The van der Waals surface area contributed by atoms with Crippen LogP contribution in [0.2, 0.25) is 0 Å². The van der Waals surface area contributed by atoms with Gasteiger partial charge in [-0.3, -0.25) is 0 Å². The van der Waals surface area contributed by atoms with Crippen molar-refractivity contribution in [2.24, 2.45) is 17.8 Å². The van der Waals surface area contributed by atoms with E-state index in [0.717, 1.165) is 12.8 Å². The molecule has 0 unspecified atom stereocenters. The second kappa shape index (κ2) is 12.3. The Morgan fingerprint density at radius 3 is 1.91 bits per heavy atom. The normalized spacial score (nSPS) is 20.8. The molecule has 1 aliphatic carbocycles. The van der Waals surface area contributed by atoms with Crippen molar-refractivity contribution in [3.8, 4) is 0 Å². The summed E-state index contributed by atoms with van der Waals surface area (Å²) in [6, 6.07) is 13.2. The van der Waals surface area contributed by atoms with Crippen molar-refractivity contribution in [3.63, 3.8) is 0 Å². The Balaban J connectivity index is 1.81. The third-order valence-electron chi connectivity index (χ3n) is 7.61. The van der Waals surface area contributed by atoms with Gasteiger partial charge in [0.25, 0.3) is 0 Å². The number of benzene rings is 2. The molecule has 192 valence electrons. The van der Waals surface area contributed by atoms with E-state index in [2.05, 4.69) is 86.6 Å². The molecule has 2 aromatic rings. The Labute approximate surface area is 224 Å². The van der Waals surface area contributed by atoms with Gasteiger partial charge in [-0.1, -0.05) is 0 Å². The molecule has 2 nitrogen and oxygen atoms in total. The zero-order valence-corrected chi connectivity index (χ0v) is 25.7. The Hall–Kier alpha value is -1.30. The van der Waals surface area contributed by atoms with E-state index in [0.29, 0.717) is 41.1 Å². The Bertz CT molecular complexity index is 958. The number of esters is 1. The molecule has 0 radical (unpaired) electrons. The van der Waals surface area contributed by atoms with Gasteiger partial charge in [-0.2, -0.15) is 0 Å². The molecule has 3 rings (SSSR count). The van der Waals surface area contributed by atoms with Gasteiger partial charge in [0.05, 0.1) is 0 Å². The average molecular weight is 590 g/mol. The van der Waals surface area contributed by atoms with Crippen LogP contribution in [0, 0.1) is 17.8 Å². The van der Waals surface area contributed by atoms with Gasteiger partial charge >= 0.3 is 225 Å². The van der Waals surface area contributed by atoms with Gasteiger partial charge in [-0.05, 0) is 0 Å². The molecular formula is C32H46O2Te. The fourth-order valence-corrected chi connectivity index (χ4v) is 9.04. The summed E-state index contributed by atoms with van der Waals surface area (Å²) in [4.78, 5) is 13.0. The monoisotopic (exact) mass is 592 g/mol. The predicted molar refractivity (Wildman–Crippen MR) is 151 cm³/mol. The summed E-state index contributed by atoms with van der Waals surface area (Å²) in [6.07, 6.45) is 3.43. The van der Waals surface area contributed by atoms with Crippen molar-refractivity contribution >= 4 is 34.1 Å². The average Bonchev–Trinajstić information content (AvgIpc) is 2.78. The zero-order chi connectivity index (χ0) is 25.9. The van der Waals surface area contributed by atoms with Crippen LogP contribution in [0.3, 0.4) is 0 Å². The van der Waals surface area contributed by atoms with Gasteiger partial charge in [0.1, 0.15) is 0 Å². The summed E-state index contributed by atoms with van der Waals surface area (Å²) < 4.78 is 9.04. The number of carbonyl (C=O) groups excluding carboxylic acids is 1. The fraction of sp³-hybridized carbons (Fsp3) is 0.594. The van der Waals surface area contributed by atoms with Crippen LogP contribution >= 0.6 is 0 Å². The van der Waals surface area contributed by atoms with E-state index in [1.165, 1.54) is 26.7 Å². The van der Waals surface area contributed by atoms with Crippen LogP contribution in [0.4, 0.5) is 0 Å². The van der Waals surface area contributed by atoms with E-state index in [1.807, 2.05) is 12.1 Å². The first-order valence-electron chi connectivity index (χ1n) is 13.6. The molecule has 0 aliphatic heterocycles. The first-order valence-corrected chi connectivity index (χ1v) is 16.0. The molecule has 0 spiro atoms. The third-order valence-corrected chi connectivity index (χ3v) is 11.0. The number of rotatable bonds is 8. The minimum atomic E-state index is -0.563. The second-order valence-corrected chi connectivity index (χ2v) is 15.0. The molecule has 0 saturated heterocycles. The number of carbonyl (C=O) groups is 1. The zero-order valence-electron chi connectivity index (χ0n) is 23.4. The Kier molecular flexibility index (Phi) is 9.93. The molecule has 3 heteroatoms. The fourth-order valence-electron chi connectivity index (χ4n) is 5.24. The van der Waals surface area contributed by atoms with E-state index in [1.54, 1.807) is 3.61 Å². The molecule has 3 atom stereocenters. The first kappa shape index (κ1) is 28.3. The molecule has 0 heterocycles. The van der Waals surface area contributed by atoms with Crippen LogP contribution < -0.4 is 7.22 Å². The van der Waals surface area contributed by atoms with Gasteiger partial charge in [0.2, 0.25) is 0 Å². The summed E-state index contributed by atoms with van der Waals surface area (Å²) >= 11 is -0.563. The molecule has 35 heavy (non-hydrogen) atoms. The second-order valence-electron chi connectivity index (χ2n) is 11.9. The van der Waals surface area contributed by atoms with Crippen LogP contribution in [0.15, 0.2) is 36.4 Å². The molecule has 0 N–H and O–H groups in total. The van der Waals surface area contributed by atoms with Crippen molar-refractivity contribution in [2.45, 2.75) is 105 Å². The van der Waals surface area contributed by atoms with Gasteiger partial charge in [-0.25, -0.2) is 0 Å². The van der Waals surface area contributed by atoms with E-state index in [-0.39, 0.29) is 12.1 Å². The standard InChI is InChI=1S/C32H46O2Te/c1-19(2)25-17-28(21(5)6)31(29(18-25)22(7)8)35-26-13-11-24(12-14-26)32(33)34-30-16-23(9)10-15-27(30)20(3)4/h11-14,17-23,27,30H,10,15-16H2,1-9H3/t23-,27+,30-/m1/s1. The quantitative estimate of drug-likeness (QED) is 0.238. The number of ether oxygens (including phenoxy) is 1. The Morgan fingerprint density at radius 1 is 0.857 bits per heavy atom. The summed E-state index contributed by atoms with van der Waals surface area (Å²) in [5.74, 6) is 3.03. The maximum absolute atomic E-state index is 13.0. The third kappa shape index (κ3) is 7.14. The molecule has 1 aliphatic rings. The summed E-state index contributed by atoms with van der Waals surface area (Å²) in [5, 5.41) is 0. The minimum absolute atomic E-state index is 0.0429. The van der Waals surface area contributed by atoms with Crippen LogP contribution in [-0.2, 0) is 4.74 Å². The molecule has 2 aromatic carbocycles. The summed E-state index contributed by atoms with van der Waals surface area (Å²) in [6.45, 7) is 20.6. The van der Waals surface area contributed by atoms with E-state index in [9.17, 15) is 4.79 Å². The topological polar surface area (TPSA) is 26.3 Å². The first-order chi connectivity index (χ1) is 16.5. The van der Waals surface area contributed by atoms with Crippen molar-refractivity contribution in [3.05, 3.63) is 58.7 Å². The van der Waals surface area contributed by atoms with Crippen LogP contribution in [0.5, 0.6) is 0 Å². The van der Waals surface area contributed by atoms with Gasteiger partial charge < -0.3 is 0 Å². The van der Waals surface area contributed by atoms with Crippen molar-refractivity contribution in [1.29, 1.82) is 0 Å². The maximum atomic E-state index is 13.0. The van der Waals surface area contributed by atoms with Gasteiger partial charge in [-0.15, -0.1) is 0 Å². The van der Waals surface area contributed by atoms with Gasteiger partial charge in [0.15, 0.2) is 0 Å². The van der Waals surface area contributed by atoms with Crippen molar-refractivity contribution < 1.29 is 9.53 Å². The molecule has 0 bridgehead atoms. The van der Waals surface area contributed by atoms with Crippen LogP contribution in [0.1, 0.15) is 126 Å². The van der Waals surface area contributed by atoms with E-state index >= 15 is 0 Å². The van der Waals surface area contributed by atoms with Crippen LogP contribution in [0.25, 0.3) is 0 Å². The predicted octanol–water partition coefficient (Wildman–Crippen LogP) is 7.33. The van der Waals surface area contributed by atoms with E-state index < -0.39 is 20.9 Å². The molecular weight excluding hydrogens is 544 g/mol. The molecule has 1 fully saturated rings. The molecule has 0 aromatic heterocycles. The van der Waals surface area contributed by atoms with Crippen molar-refractivity contribution in [1.82, 2.24) is 0 Å². The van der Waals surface area contributed by atoms with E-state index in [4.69, 9.17) is 4.74 Å². The molecule has 0 amide bonds. The van der Waals surface area contributed by atoms with Crippen molar-refractivity contribution in [2.75, 3.05) is 0 Å². The van der Waals surface area contributed by atoms with Crippen LogP contribution in [-0.4, -0.2) is 33.0 Å². The SMILES string of the molecule is CC(C)c1cc(C(C)C)c([Te]c2ccc(C(=O)O[C@@H]3C[C@H](C)CC[C@H]3C(C)C)cc2)c(C(C)C)c1. The summed E-state index contributed by atoms with van der Waals surface area (Å²) in [7, 11) is 0. The summed E-state index contributed by atoms with van der Waals surface area (Å²) in [5.41, 5.74) is 5.16.